The molecule has 2 rings (SSSR count). The minimum absolute atomic E-state index is 0.0295. The van der Waals surface area contributed by atoms with Gasteiger partial charge in [0.1, 0.15) is 11.3 Å². The average Bonchev–Trinajstić information content (AvgIpc) is 2.55. The molecule has 1 amide bonds. The van der Waals surface area contributed by atoms with Crippen LogP contribution < -0.4 is 5.32 Å². The molecule has 0 radical (unpaired) electrons. The fourth-order valence-corrected chi connectivity index (χ4v) is 1.89. The van der Waals surface area contributed by atoms with Crippen LogP contribution in [0.5, 0.6) is 5.75 Å². The number of rotatable bonds is 5. The van der Waals surface area contributed by atoms with Crippen LogP contribution in [0.1, 0.15) is 15.9 Å². The molecule has 0 aliphatic heterocycles. The van der Waals surface area contributed by atoms with Crippen molar-refractivity contribution in [2.75, 3.05) is 11.9 Å². The number of aryl methyl sites for hydroxylation is 1. The van der Waals surface area contributed by atoms with Crippen LogP contribution in [0, 0.1) is 17.0 Å². The fourth-order valence-electron chi connectivity index (χ4n) is 1.89. The van der Waals surface area contributed by atoms with Crippen molar-refractivity contribution in [2.24, 2.45) is 0 Å². The second kappa shape index (κ2) is 7.23. The summed E-state index contributed by atoms with van der Waals surface area (Å²) >= 11 is 0. The minimum Gasteiger partial charge on any atom is -0.507 e. The van der Waals surface area contributed by atoms with Crippen molar-refractivity contribution in [3.63, 3.8) is 0 Å². The molecule has 2 aromatic rings. The van der Waals surface area contributed by atoms with E-state index in [-0.39, 0.29) is 17.0 Å². The number of esters is 1. The molecular weight excluding hydrogens is 316 g/mol. The third-order valence-corrected chi connectivity index (χ3v) is 3.07. The standard InChI is InChI=1S/C16H14N2O6/c1-10-2-7-14(19)13(8-10)16(21)24-9-15(20)17-11-3-5-12(6-4-11)18(22)23/h2-8,19H,9H2,1H3,(H,17,20). The molecule has 0 spiro atoms. The summed E-state index contributed by atoms with van der Waals surface area (Å²) in [5, 5.41) is 22.6. The van der Waals surface area contributed by atoms with Gasteiger partial charge in [0.25, 0.3) is 11.6 Å². The highest BCUT2D eigenvalue weighted by molar-refractivity contribution is 5.96. The zero-order valence-electron chi connectivity index (χ0n) is 12.7. The van der Waals surface area contributed by atoms with Crippen LogP contribution >= 0.6 is 0 Å². The van der Waals surface area contributed by atoms with Gasteiger partial charge in [-0.05, 0) is 31.2 Å². The number of non-ortho nitro benzene ring substituents is 1. The number of nitrogens with one attached hydrogen (secondary N) is 1. The van der Waals surface area contributed by atoms with Crippen molar-refractivity contribution in [1.29, 1.82) is 0 Å². The number of carbonyl (C=O) groups excluding carboxylic acids is 2. The lowest BCUT2D eigenvalue weighted by atomic mass is 10.1. The Morgan fingerprint density at radius 1 is 1.21 bits per heavy atom. The molecule has 0 bridgehead atoms. The molecule has 24 heavy (non-hydrogen) atoms. The summed E-state index contributed by atoms with van der Waals surface area (Å²) in [6.07, 6.45) is 0. The van der Waals surface area contributed by atoms with E-state index in [1.165, 1.54) is 36.4 Å². The largest absolute Gasteiger partial charge is 0.507 e. The number of benzene rings is 2. The molecule has 124 valence electrons. The summed E-state index contributed by atoms with van der Waals surface area (Å²) in [5.41, 5.74) is 0.961. The monoisotopic (exact) mass is 330 g/mol. The van der Waals surface area contributed by atoms with Crippen LogP contribution in [-0.4, -0.2) is 28.5 Å². The number of phenolic OH excluding ortho intramolecular Hbond substituents is 1. The summed E-state index contributed by atoms with van der Waals surface area (Å²) in [6.45, 7) is 1.20. The van der Waals surface area contributed by atoms with Crippen LogP contribution in [0.25, 0.3) is 0 Å². The Morgan fingerprint density at radius 3 is 2.50 bits per heavy atom. The lowest BCUT2D eigenvalue weighted by molar-refractivity contribution is -0.384. The molecule has 0 atom stereocenters. The SMILES string of the molecule is Cc1ccc(O)c(C(=O)OCC(=O)Nc2ccc([N+](=O)[O-])cc2)c1. The molecule has 2 aromatic carbocycles. The van der Waals surface area contributed by atoms with Gasteiger partial charge in [-0.15, -0.1) is 0 Å². The number of anilines is 1. The molecule has 0 saturated carbocycles. The predicted octanol–water partition coefficient (Wildman–Crippen LogP) is 2.40. The highest BCUT2D eigenvalue weighted by Crippen LogP contribution is 2.19. The first kappa shape index (κ1) is 16.9. The van der Waals surface area contributed by atoms with Crippen LogP contribution in [-0.2, 0) is 9.53 Å². The molecule has 0 saturated heterocycles. The number of amides is 1. The van der Waals surface area contributed by atoms with E-state index >= 15 is 0 Å². The summed E-state index contributed by atoms with van der Waals surface area (Å²) in [5.74, 6) is -1.67. The molecule has 0 unspecified atom stereocenters. The summed E-state index contributed by atoms with van der Waals surface area (Å²) < 4.78 is 4.84. The van der Waals surface area contributed by atoms with E-state index in [2.05, 4.69) is 5.32 Å². The van der Waals surface area contributed by atoms with E-state index in [0.29, 0.717) is 5.69 Å². The Bertz CT molecular complexity index is 786. The molecule has 8 nitrogen and oxygen atoms in total. The van der Waals surface area contributed by atoms with Crippen molar-refractivity contribution in [3.8, 4) is 5.75 Å². The van der Waals surface area contributed by atoms with Crippen molar-refractivity contribution in [1.82, 2.24) is 0 Å². The molecule has 0 fully saturated rings. The molecule has 0 aliphatic rings. The van der Waals surface area contributed by atoms with Gasteiger partial charge in [-0.2, -0.15) is 0 Å². The van der Waals surface area contributed by atoms with Crippen molar-refractivity contribution in [2.45, 2.75) is 6.92 Å². The lowest BCUT2D eigenvalue weighted by Crippen LogP contribution is -2.21. The van der Waals surface area contributed by atoms with Crippen molar-refractivity contribution in [3.05, 3.63) is 63.7 Å². The maximum atomic E-state index is 11.9. The summed E-state index contributed by atoms with van der Waals surface area (Å²) in [7, 11) is 0. The van der Waals surface area contributed by atoms with Gasteiger partial charge in [0.15, 0.2) is 6.61 Å². The van der Waals surface area contributed by atoms with Gasteiger partial charge < -0.3 is 15.2 Å². The molecular formula is C16H14N2O6. The first-order valence-electron chi connectivity index (χ1n) is 6.88. The van der Waals surface area contributed by atoms with Crippen molar-refractivity contribution >= 4 is 23.3 Å². The Kier molecular flexibility index (Phi) is 5.10. The number of carbonyl (C=O) groups is 2. The maximum Gasteiger partial charge on any atom is 0.342 e. The molecule has 0 aliphatic carbocycles. The quantitative estimate of drug-likeness (QED) is 0.493. The number of nitro benzene ring substituents is 1. The Balaban J connectivity index is 1.92. The first-order chi connectivity index (χ1) is 11.4. The van der Waals surface area contributed by atoms with Gasteiger partial charge in [0, 0.05) is 17.8 Å². The van der Waals surface area contributed by atoms with Gasteiger partial charge in [-0.25, -0.2) is 4.79 Å². The van der Waals surface area contributed by atoms with Crippen LogP contribution in [0.15, 0.2) is 42.5 Å². The number of aromatic hydroxyl groups is 1. The topological polar surface area (TPSA) is 119 Å². The normalized spacial score (nSPS) is 10.0. The number of ether oxygens (including phenoxy) is 1. The molecule has 2 N–H and O–H groups in total. The van der Waals surface area contributed by atoms with Crippen molar-refractivity contribution < 1.29 is 24.4 Å². The zero-order valence-corrected chi connectivity index (χ0v) is 12.7. The number of hydrogen-bond acceptors (Lipinski definition) is 6. The van der Waals surface area contributed by atoms with Gasteiger partial charge in [-0.3, -0.25) is 14.9 Å². The highest BCUT2D eigenvalue weighted by Gasteiger charge is 2.15. The number of hydrogen-bond donors (Lipinski definition) is 2. The van der Waals surface area contributed by atoms with E-state index in [1.807, 2.05) is 0 Å². The second-order valence-corrected chi connectivity index (χ2v) is 4.95. The van der Waals surface area contributed by atoms with E-state index in [1.54, 1.807) is 13.0 Å². The number of nitrogens with zero attached hydrogens (tertiary/aromatic N) is 1. The smallest absolute Gasteiger partial charge is 0.342 e. The van der Waals surface area contributed by atoms with E-state index in [4.69, 9.17) is 4.74 Å². The molecule has 0 aromatic heterocycles. The van der Waals surface area contributed by atoms with E-state index in [0.717, 1.165) is 5.56 Å². The Labute approximate surface area is 136 Å². The van der Waals surface area contributed by atoms with Crippen LogP contribution in [0.3, 0.4) is 0 Å². The third kappa shape index (κ3) is 4.29. The first-order valence-corrected chi connectivity index (χ1v) is 6.88. The van der Waals surface area contributed by atoms with Gasteiger partial charge in [0.2, 0.25) is 0 Å². The number of phenols is 1. The fraction of sp³-hybridized carbons (Fsp3) is 0.125. The lowest BCUT2D eigenvalue weighted by Gasteiger charge is -2.08. The number of nitro groups is 1. The summed E-state index contributed by atoms with van der Waals surface area (Å²) in [6, 6.07) is 9.66. The third-order valence-electron chi connectivity index (χ3n) is 3.07. The Morgan fingerprint density at radius 2 is 1.88 bits per heavy atom. The molecule has 0 heterocycles. The van der Waals surface area contributed by atoms with E-state index in [9.17, 15) is 24.8 Å². The zero-order chi connectivity index (χ0) is 17.7. The summed E-state index contributed by atoms with van der Waals surface area (Å²) in [4.78, 5) is 33.6. The van der Waals surface area contributed by atoms with Gasteiger partial charge in [-0.1, -0.05) is 11.6 Å². The highest BCUT2D eigenvalue weighted by atomic mass is 16.6. The van der Waals surface area contributed by atoms with Gasteiger partial charge >= 0.3 is 5.97 Å². The molecule has 8 heteroatoms. The second-order valence-electron chi connectivity index (χ2n) is 4.95. The Hall–Kier alpha value is -3.42. The van der Waals surface area contributed by atoms with Gasteiger partial charge in [0.05, 0.1) is 4.92 Å². The van der Waals surface area contributed by atoms with Crippen LogP contribution in [0.4, 0.5) is 11.4 Å². The minimum atomic E-state index is -0.824. The average molecular weight is 330 g/mol. The maximum absolute atomic E-state index is 11.9. The van der Waals surface area contributed by atoms with Crippen LogP contribution in [0.2, 0.25) is 0 Å². The van der Waals surface area contributed by atoms with E-state index < -0.39 is 23.4 Å². The predicted molar refractivity (Wildman–Crippen MR) is 84.9 cm³/mol.